The Bertz CT molecular complexity index is 642. The Morgan fingerprint density at radius 1 is 1.31 bits per heavy atom. The maximum Gasteiger partial charge on any atom is 0.410 e. The number of likely N-dealkylation sites (tertiary alicyclic amines) is 1. The summed E-state index contributed by atoms with van der Waals surface area (Å²) in [7, 11) is 0. The third kappa shape index (κ3) is 5.43. The minimum atomic E-state index is -0.665. The zero-order valence-corrected chi connectivity index (χ0v) is 16.4. The van der Waals surface area contributed by atoms with Crippen molar-refractivity contribution < 1.29 is 19.4 Å². The van der Waals surface area contributed by atoms with Gasteiger partial charge in [-0.3, -0.25) is 4.79 Å². The lowest BCUT2D eigenvalue weighted by Gasteiger charge is -2.25. The molecule has 1 aromatic carbocycles. The Balaban J connectivity index is 1.95. The molecule has 6 nitrogen and oxygen atoms in total. The van der Waals surface area contributed by atoms with Gasteiger partial charge in [0.2, 0.25) is 0 Å². The highest BCUT2D eigenvalue weighted by atomic mass is 35.5. The number of benzene rings is 1. The average Bonchev–Trinajstić information content (AvgIpc) is 2.93. The number of amides is 1. The van der Waals surface area contributed by atoms with E-state index < -0.39 is 17.8 Å². The number of ketones is 1. The molecule has 0 radical (unpaired) electrons. The number of aliphatic hydroxyl groups is 1. The molecule has 26 heavy (non-hydrogen) atoms. The molecule has 1 aliphatic rings. The summed E-state index contributed by atoms with van der Waals surface area (Å²) in [6, 6.07) is 6.93. The Morgan fingerprint density at radius 2 is 1.92 bits per heavy atom. The maximum absolute atomic E-state index is 12.2. The lowest BCUT2D eigenvalue weighted by molar-refractivity contribution is 0.0269. The van der Waals surface area contributed by atoms with E-state index in [1.807, 2.05) is 39.8 Å². The van der Waals surface area contributed by atoms with Crippen molar-refractivity contribution in [1.82, 2.24) is 10.2 Å². The van der Waals surface area contributed by atoms with Crippen molar-refractivity contribution in [2.24, 2.45) is 0 Å². The molecular formula is C19H27ClN2O4. The zero-order chi connectivity index (χ0) is 19.5. The third-order valence-corrected chi connectivity index (χ3v) is 4.50. The van der Waals surface area contributed by atoms with Crippen LogP contribution in [-0.2, 0) is 4.74 Å². The molecule has 1 fully saturated rings. The molecule has 144 valence electrons. The molecule has 2 rings (SSSR count). The van der Waals surface area contributed by atoms with E-state index in [4.69, 9.17) is 16.3 Å². The molecule has 2 N–H and O–H groups in total. The zero-order valence-electron chi connectivity index (χ0n) is 15.7. The number of β-amino-alcohol motifs (C(OH)–C–C–N with tert-alkyl or cyclic N) is 1. The number of ether oxygens (including phenoxy) is 1. The largest absolute Gasteiger partial charge is 0.444 e. The number of alkyl halides is 1. The molecule has 0 aliphatic carbocycles. The molecule has 0 aromatic heterocycles. The fourth-order valence-electron chi connectivity index (χ4n) is 2.88. The topological polar surface area (TPSA) is 78.9 Å². The summed E-state index contributed by atoms with van der Waals surface area (Å²) in [5.41, 5.74) is 0.996. The van der Waals surface area contributed by atoms with E-state index in [0.717, 1.165) is 5.56 Å². The van der Waals surface area contributed by atoms with E-state index in [2.05, 4.69) is 5.32 Å². The number of Topliss-reactive ketones (excluding diaryl/α,β-unsaturated/α-hetero) is 1. The van der Waals surface area contributed by atoms with Crippen LogP contribution in [0.3, 0.4) is 0 Å². The lowest BCUT2D eigenvalue weighted by atomic mass is 10.0. The summed E-state index contributed by atoms with van der Waals surface area (Å²) in [5, 5.41) is 13.6. The van der Waals surface area contributed by atoms with Gasteiger partial charge in [0, 0.05) is 18.2 Å². The SMILES string of the molecule is C[C@@H](NC1CN(C(=O)OC(C)(C)C)CC1O)c1ccc(C(=O)CCl)cc1. The molecule has 1 saturated heterocycles. The summed E-state index contributed by atoms with van der Waals surface area (Å²) >= 11 is 5.57. The van der Waals surface area contributed by atoms with Crippen molar-refractivity contribution >= 4 is 23.5 Å². The molecule has 0 spiro atoms. The summed E-state index contributed by atoms with van der Waals surface area (Å²) < 4.78 is 5.36. The fourth-order valence-corrected chi connectivity index (χ4v) is 3.03. The number of nitrogens with one attached hydrogen (secondary N) is 1. The lowest BCUT2D eigenvalue weighted by Crippen LogP contribution is -2.41. The molecule has 2 unspecified atom stereocenters. The minimum absolute atomic E-state index is 0.0398. The molecular weight excluding hydrogens is 356 g/mol. The maximum atomic E-state index is 12.2. The van der Waals surface area contributed by atoms with Crippen molar-refractivity contribution in [3.05, 3.63) is 35.4 Å². The summed E-state index contributed by atoms with van der Waals surface area (Å²) in [5.74, 6) is -0.153. The van der Waals surface area contributed by atoms with Gasteiger partial charge in [-0.25, -0.2) is 4.79 Å². The average molecular weight is 383 g/mol. The number of carbonyl (C=O) groups is 2. The Morgan fingerprint density at radius 3 is 2.46 bits per heavy atom. The summed E-state index contributed by atoms with van der Waals surface area (Å²) in [4.78, 5) is 25.3. The number of hydrogen-bond donors (Lipinski definition) is 2. The van der Waals surface area contributed by atoms with Gasteiger partial charge in [0.05, 0.1) is 24.6 Å². The van der Waals surface area contributed by atoms with Crippen molar-refractivity contribution in [2.45, 2.75) is 51.5 Å². The van der Waals surface area contributed by atoms with E-state index in [9.17, 15) is 14.7 Å². The second kappa shape index (κ2) is 8.37. The first kappa shape index (κ1) is 20.7. The van der Waals surface area contributed by atoms with Crippen molar-refractivity contribution in [1.29, 1.82) is 0 Å². The van der Waals surface area contributed by atoms with Gasteiger partial charge in [0.15, 0.2) is 5.78 Å². The first-order valence-electron chi connectivity index (χ1n) is 8.72. The smallest absolute Gasteiger partial charge is 0.410 e. The Kier molecular flexibility index (Phi) is 6.66. The van der Waals surface area contributed by atoms with Gasteiger partial charge >= 0.3 is 6.09 Å². The van der Waals surface area contributed by atoms with Crippen LogP contribution in [0.25, 0.3) is 0 Å². The van der Waals surface area contributed by atoms with Crippen LogP contribution < -0.4 is 5.32 Å². The fraction of sp³-hybridized carbons (Fsp3) is 0.579. The van der Waals surface area contributed by atoms with E-state index in [-0.39, 0.29) is 30.3 Å². The van der Waals surface area contributed by atoms with E-state index >= 15 is 0 Å². The summed E-state index contributed by atoms with van der Waals surface area (Å²) in [6.07, 6.45) is -1.08. The van der Waals surface area contributed by atoms with Crippen molar-refractivity contribution in [3.8, 4) is 0 Å². The van der Waals surface area contributed by atoms with Crippen LogP contribution in [0.4, 0.5) is 4.79 Å². The van der Waals surface area contributed by atoms with Crippen LogP contribution in [0.15, 0.2) is 24.3 Å². The highest BCUT2D eigenvalue weighted by molar-refractivity contribution is 6.30. The van der Waals surface area contributed by atoms with Crippen LogP contribution >= 0.6 is 11.6 Å². The molecule has 1 aliphatic heterocycles. The quantitative estimate of drug-likeness (QED) is 0.604. The Hall–Kier alpha value is -1.63. The highest BCUT2D eigenvalue weighted by Crippen LogP contribution is 2.20. The standard InChI is InChI=1S/C19H27ClN2O4/c1-12(13-5-7-14(8-6-13)16(23)9-20)21-15-10-22(11-17(15)24)18(25)26-19(2,3)4/h5-8,12,15,17,21,24H,9-11H2,1-4H3/t12-,15?,17?/m1/s1. The van der Waals surface area contributed by atoms with Crippen LogP contribution in [0.5, 0.6) is 0 Å². The molecule has 0 saturated carbocycles. The van der Waals surface area contributed by atoms with Crippen LogP contribution in [0, 0.1) is 0 Å². The normalized spacial score (nSPS) is 21.5. The predicted molar refractivity (Wildman–Crippen MR) is 101 cm³/mol. The van der Waals surface area contributed by atoms with Crippen LogP contribution in [0.1, 0.15) is 49.7 Å². The van der Waals surface area contributed by atoms with Crippen molar-refractivity contribution in [2.75, 3.05) is 19.0 Å². The molecule has 7 heteroatoms. The summed E-state index contributed by atoms with van der Waals surface area (Å²) in [6.45, 7) is 8.03. The van der Waals surface area contributed by atoms with Crippen molar-refractivity contribution in [3.63, 3.8) is 0 Å². The molecule has 0 bridgehead atoms. The number of rotatable bonds is 5. The number of hydrogen-bond acceptors (Lipinski definition) is 5. The Labute approximate surface area is 159 Å². The number of halogens is 1. The van der Waals surface area contributed by atoms with E-state index in [1.54, 1.807) is 12.1 Å². The predicted octanol–water partition coefficient (Wildman–Crippen LogP) is 2.74. The van der Waals surface area contributed by atoms with Gasteiger partial charge < -0.3 is 20.1 Å². The van der Waals surface area contributed by atoms with Gasteiger partial charge in [-0.05, 0) is 33.3 Å². The van der Waals surface area contributed by atoms with Gasteiger partial charge in [0.25, 0.3) is 0 Å². The molecule has 1 aromatic rings. The second-order valence-electron chi connectivity index (χ2n) is 7.63. The van der Waals surface area contributed by atoms with Crippen LogP contribution in [0.2, 0.25) is 0 Å². The highest BCUT2D eigenvalue weighted by Gasteiger charge is 2.36. The monoisotopic (exact) mass is 382 g/mol. The van der Waals surface area contributed by atoms with E-state index in [0.29, 0.717) is 12.1 Å². The van der Waals surface area contributed by atoms with E-state index in [1.165, 1.54) is 4.90 Å². The second-order valence-corrected chi connectivity index (χ2v) is 7.89. The third-order valence-electron chi connectivity index (χ3n) is 4.26. The number of carbonyl (C=O) groups excluding carboxylic acids is 2. The van der Waals surface area contributed by atoms with Gasteiger partial charge in [0.1, 0.15) is 5.60 Å². The molecule has 1 heterocycles. The molecule has 1 amide bonds. The molecule has 3 atom stereocenters. The van der Waals surface area contributed by atoms with Gasteiger partial charge in [-0.1, -0.05) is 24.3 Å². The number of aliphatic hydroxyl groups excluding tert-OH is 1. The minimum Gasteiger partial charge on any atom is -0.444 e. The van der Waals surface area contributed by atoms with Gasteiger partial charge in [-0.2, -0.15) is 0 Å². The first-order chi connectivity index (χ1) is 12.1. The van der Waals surface area contributed by atoms with Gasteiger partial charge in [-0.15, -0.1) is 11.6 Å². The van der Waals surface area contributed by atoms with Crippen LogP contribution in [-0.4, -0.2) is 58.6 Å². The number of nitrogens with zero attached hydrogens (tertiary/aromatic N) is 1. The first-order valence-corrected chi connectivity index (χ1v) is 9.25.